The number of hydrogen-bond acceptors (Lipinski definition) is 4. The van der Waals surface area contributed by atoms with Gasteiger partial charge in [0.25, 0.3) is 0 Å². The number of imidazole rings is 1. The van der Waals surface area contributed by atoms with E-state index in [-0.39, 0.29) is 13.1 Å². The van der Waals surface area contributed by atoms with E-state index >= 15 is 0 Å². The monoisotopic (exact) mass is 392 g/mol. The van der Waals surface area contributed by atoms with Gasteiger partial charge in [0.1, 0.15) is 16.5 Å². The van der Waals surface area contributed by atoms with Gasteiger partial charge < -0.3 is 9.88 Å². The minimum atomic E-state index is -4.78. The van der Waals surface area contributed by atoms with Crippen molar-refractivity contribution in [2.45, 2.75) is 17.1 Å². The van der Waals surface area contributed by atoms with E-state index in [1.165, 1.54) is 6.20 Å². The predicted octanol–water partition coefficient (Wildman–Crippen LogP) is 1.91. The fourth-order valence-electron chi connectivity index (χ4n) is 2.90. The van der Waals surface area contributed by atoms with E-state index in [0.29, 0.717) is 30.6 Å². The Morgan fingerprint density at radius 2 is 2.04 bits per heavy atom. The van der Waals surface area contributed by atoms with Crippen molar-refractivity contribution in [3.05, 3.63) is 47.8 Å². The van der Waals surface area contributed by atoms with Crippen LogP contribution in [0.3, 0.4) is 0 Å². The fraction of sp³-hybridized carbons (Fsp3) is 0.400. The Morgan fingerprint density at radius 3 is 2.65 bits per heavy atom. The summed E-state index contributed by atoms with van der Waals surface area (Å²) in [5.74, 6) is -0.816. The lowest BCUT2D eigenvalue weighted by Crippen LogP contribution is -2.49. The van der Waals surface area contributed by atoms with E-state index in [1.54, 1.807) is 17.8 Å². The molecule has 1 fully saturated rings. The van der Waals surface area contributed by atoms with Gasteiger partial charge >= 0.3 is 6.18 Å². The summed E-state index contributed by atoms with van der Waals surface area (Å²) in [5, 5.41) is 3.02. The number of aromatic nitrogens is 2. The highest BCUT2D eigenvalue weighted by atomic mass is 32.2. The third kappa shape index (κ3) is 3.33. The third-order valence-corrected chi connectivity index (χ3v) is 6.12. The minimum absolute atomic E-state index is 0.0183. The van der Waals surface area contributed by atoms with E-state index in [2.05, 4.69) is 10.3 Å². The van der Waals surface area contributed by atoms with Crippen LogP contribution in [0.1, 0.15) is 17.4 Å². The first-order chi connectivity index (χ1) is 12.1. The smallest absolute Gasteiger partial charge is 0.337 e. The molecule has 1 saturated heterocycles. The molecule has 2 heterocycles. The molecule has 0 saturated carbocycles. The van der Waals surface area contributed by atoms with Crippen molar-refractivity contribution in [1.82, 2.24) is 19.2 Å². The molecule has 1 aliphatic rings. The molecule has 3 rings (SSSR count). The fourth-order valence-corrected chi connectivity index (χ4v) is 4.57. The van der Waals surface area contributed by atoms with Crippen LogP contribution in [-0.2, 0) is 23.2 Å². The molecule has 0 spiro atoms. The molecule has 11 heteroatoms. The summed E-state index contributed by atoms with van der Waals surface area (Å²) < 4.78 is 81.5. The molecular formula is C15H16F4N4O2S. The number of hydrogen-bond donors (Lipinski definition) is 1. The lowest BCUT2D eigenvalue weighted by Gasteiger charge is -2.34. The van der Waals surface area contributed by atoms with Crippen LogP contribution >= 0.6 is 0 Å². The molecule has 26 heavy (non-hydrogen) atoms. The number of halogens is 4. The van der Waals surface area contributed by atoms with E-state index < -0.39 is 38.5 Å². The molecule has 1 N–H and O–H groups in total. The number of alkyl halides is 3. The normalized spacial score (nSPS) is 19.7. The number of nitrogens with zero attached hydrogens (tertiary/aromatic N) is 3. The van der Waals surface area contributed by atoms with E-state index in [4.69, 9.17) is 0 Å². The first-order valence-corrected chi connectivity index (χ1v) is 9.13. The molecule has 0 bridgehead atoms. The van der Waals surface area contributed by atoms with Gasteiger partial charge in [-0.05, 0) is 18.2 Å². The Morgan fingerprint density at radius 1 is 1.31 bits per heavy atom. The summed E-state index contributed by atoms with van der Waals surface area (Å²) in [5.41, 5.74) is -1.22. The van der Waals surface area contributed by atoms with Crippen LogP contribution in [0.25, 0.3) is 0 Å². The van der Waals surface area contributed by atoms with Crippen LogP contribution in [0, 0.1) is 5.82 Å². The highest BCUT2D eigenvalue weighted by Crippen LogP contribution is 2.34. The molecule has 1 aliphatic heterocycles. The Bertz CT molecular complexity index is 911. The minimum Gasteiger partial charge on any atom is -0.337 e. The van der Waals surface area contributed by atoms with Crippen molar-refractivity contribution in [3.8, 4) is 0 Å². The molecule has 1 aromatic heterocycles. The second-order valence-electron chi connectivity index (χ2n) is 5.87. The van der Waals surface area contributed by atoms with Crippen LogP contribution in [0.4, 0.5) is 17.6 Å². The summed E-state index contributed by atoms with van der Waals surface area (Å²) in [4.78, 5) is 3.13. The third-order valence-electron chi connectivity index (χ3n) is 4.20. The molecule has 1 aromatic carbocycles. The Labute approximate surface area is 147 Å². The summed E-state index contributed by atoms with van der Waals surface area (Å²) in [6.07, 6.45) is -1.67. The Kier molecular flexibility index (Phi) is 4.80. The van der Waals surface area contributed by atoms with Crippen molar-refractivity contribution in [1.29, 1.82) is 0 Å². The lowest BCUT2D eigenvalue weighted by atomic mass is 10.2. The summed E-state index contributed by atoms with van der Waals surface area (Å²) in [6.45, 7) is 0.487. The maximum absolute atomic E-state index is 14.1. The van der Waals surface area contributed by atoms with Crippen molar-refractivity contribution >= 4 is 10.0 Å². The number of benzene rings is 1. The number of rotatable bonds is 3. The maximum Gasteiger partial charge on any atom is 0.416 e. The van der Waals surface area contributed by atoms with E-state index in [1.807, 2.05) is 0 Å². The molecule has 142 valence electrons. The van der Waals surface area contributed by atoms with Crippen LogP contribution in [0.5, 0.6) is 0 Å². The van der Waals surface area contributed by atoms with Crippen LogP contribution < -0.4 is 5.32 Å². The number of nitrogens with one attached hydrogen (secondary N) is 1. The van der Waals surface area contributed by atoms with Gasteiger partial charge in [0.05, 0.1) is 11.6 Å². The zero-order valence-electron chi connectivity index (χ0n) is 13.7. The van der Waals surface area contributed by atoms with Crippen molar-refractivity contribution < 1.29 is 26.0 Å². The summed E-state index contributed by atoms with van der Waals surface area (Å²) >= 11 is 0. The average molecular weight is 392 g/mol. The lowest BCUT2D eigenvalue weighted by molar-refractivity contribution is -0.137. The summed E-state index contributed by atoms with van der Waals surface area (Å²) in [7, 11) is -2.83. The molecule has 0 aliphatic carbocycles. The van der Waals surface area contributed by atoms with Gasteiger partial charge in [-0.25, -0.2) is 17.8 Å². The molecular weight excluding hydrogens is 376 g/mol. The van der Waals surface area contributed by atoms with Crippen molar-refractivity contribution in [2.24, 2.45) is 7.05 Å². The van der Waals surface area contributed by atoms with Crippen LogP contribution in [0.15, 0.2) is 35.5 Å². The van der Waals surface area contributed by atoms with Crippen LogP contribution in [0.2, 0.25) is 0 Å². The van der Waals surface area contributed by atoms with Crippen molar-refractivity contribution in [2.75, 3.05) is 19.6 Å². The second kappa shape index (κ2) is 6.63. The van der Waals surface area contributed by atoms with Crippen LogP contribution in [-0.4, -0.2) is 41.9 Å². The predicted molar refractivity (Wildman–Crippen MR) is 84.1 cm³/mol. The molecule has 6 nitrogen and oxygen atoms in total. The first-order valence-electron chi connectivity index (χ1n) is 7.69. The highest BCUT2D eigenvalue weighted by Gasteiger charge is 2.39. The quantitative estimate of drug-likeness (QED) is 0.811. The van der Waals surface area contributed by atoms with Gasteiger partial charge in [0, 0.05) is 39.1 Å². The van der Waals surface area contributed by atoms with Gasteiger partial charge in [-0.3, -0.25) is 0 Å². The van der Waals surface area contributed by atoms with Crippen molar-refractivity contribution in [3.63, 3.8) is 0 Å². The molecule has 0 amide bonds. The zero-order chi connectivity index (χ0) is 19.1. The summed E-state index contributed by atoms with van der Waals surface area (Å²) in [6, 6.07) is 0.612. The standard InChI is InChI=1S/C15H16F4N4O2S/c1-22-6-5-21-14(22)12-9-20-4-7-23(12)26(24,25)13-8-10(15(17,18)19)2-3-11(13)16/h2-3,5-6,8,12,20H,4,7,9H2,1H3. The molecule has 1 unspecified atom stereocenters. The first kappa shape index (κ1) is 18.8. The van der Waals surface area contributed by atoms with Gasteiger partial charge in [-0.15, -0.1) is 0 Å². The molecule has 1 atom stereocenters. The number of sulfonamides is 1. The van der Waals surface area contributed by atoms with E-state index in [0.717, 1.165) is 4.31 Å². The average Bonchev–Trinajstić information content (AvgIpc) is 3.00. The van der Waals surface area contributed by atoms with E-state index in [9.17, 15) is 26.0 Å². The van der Waals surface area contributed by atoms with Gasteiger partial charge in [-0.1, -0.05) is 0 Å². The highest BCUT2D eigenvalue weighted by molar-refractivity contribution is 7.89. The van der Waals surface area contributed by atoms with Gasteiger partial charge in [0.2, 0.25) is 10.0 Å². The zero-order valence-corrected chi connectivity index (χ0v) is 14.5. The topological polar surface area (TPSA) is 67.2 Å². The SMILES string of the molecule is Cn1ccnc1C1CNCCN1S(=O)(=O)c1cc(C(F)(F)F)ccc1F. The molecule has 0 radical (unpaired) electrons. The molecule has 2 aromatic rings. The second-order valence-corrected chi connectivity index (χ2v) is 7.73. The largest absolute Gasteiger partial charge is 0.416 e. The van der Waals surface area contributed by atoms with Gasteiger partial charge in [0.15, 0.2) is 0 Å². The number of piperazine rings is 1. The Balaban J connectivity index is 2.08. The Hall–Kier alpha value is -1.98. The van der Waals surface area contributed by atoms with Gasteiger partial charge in [-0.2, -0.15) is 17.5 Å². The number of aryl methyl sites for hydroxylation is 1. The maximum atomic E-state index is 14.1.